The molecule has 4 heteroatoms. The highest BCUT2D eigenvalue weighted by Gasteiger charge is 2.42. The van der Waals surface area contributed by atoms with Gasteiger partial charge in [0.2, 0.25) is 0 Å². The molecule has 0 aromatic rings. The van der Waals surface area contributed by atoms with E-state index in [1.807, 2.05) is 0 Å². The van der Waals surface area contributed by atoms with Gasteiger partial charge in [-0.1, -0.05) is 5.57 Å². The number of carboxylic acid groups (broad SMARTS) is 2. The molecule has 2 bridgehead atoms. The van der Waals surface area contributed by atoms with Crippen LogP contribution in [0.5, 0.6) is 0 Å². The van der Waals surface area contributed by atoms with Gasteiger partial charge in [-0.3, -0.25) is 4.79 Å². The van der Waals surface area contributed by atoms with Gasteiger partial charge in [0.15, 0.2) is 0 Å². The molecule has 0 spiro atoms. The van der Waals surface area contributed by atoms with Gasteiger partial charge in [0, 0.05) is 0 Å². The van der Waals surface area contributed by atoms with Gasteiger partial charge in [0.25, 0.3) is 0 Å². The fourth-order valence-corrected chi connectivity index (χ4v) is 2.66. The third-order valence-corrected chi connectivity index (χ3v) is 3.29. The summed E-state index contributed by atoms with van der Waals surface area (Å²) in [5.74, 6) is -2.75. The van der Waals surface area contributed by atoms with Crippen LogP contribution in [0.3, 0.4) is 0 Å². The van der Waals surface area contributed by atoms with Crippen LogP contribution in [-0.4, -0.2) is 22.2 Å². The van der Waals surface area contributed by atoms with E-state index in [-0.39, 0.29) is 11.5 Å². The molecule has 4 nitrogen and oxygen atoms in total. The van der Waals surface area contributed by atoms with Crippen molar-refractivity contribution in [3.8, 4) is 0 Å². The molecule has 1 unspecified atom stereocenters. The van der Waals surface area contributed by atoms with E-state index in [1.54, 1.807) is 0 Å². The minimum Gasteiger partial charge on any atom is -0.481 e. The maximum absolute atomic E-state index is 11.0. The van der Waals surface area contributed by atoms with E-state index in [2.05, 4.69) is 0 Å². The van der Waals surface area contributed by atoms with Gasteiger partial charge >= 0.3 is 11.9 Å². The van der Waals surface area contributed by atoms with Crippen LogP contribution in [0.4, 0.5) is 0 Å². The number of carbonyl (C=O) groups is 2. The number of hydrogen-bond donors (Lipinski definition) is 2. The summed E-state index contributed by atoms with van der Waals surface area (Å²) in [6.45, 7) is 0. The van der Waals surface area contributed by atoms with Crippen molar-refractivity contribution in [3.63, 3.8) is 0 Å². The maximum atomic E-state index is 11.0. The number of rotatable bonds is 2. The predicted octanol–water partition coefficient (Wildman–Crippen LogP) is 1.27. The molecule has 2 N–H and O–H groups in total. The summed E-state index contributed by atoms with van der Waals surface area (Å²) in [5, 5.41) is 17.9. The van der Waals surface area contributed by atoms with Crippen molar-refractivity contribution in [2.24, 2.45) is 11.8 Å². The van der Waals surface area contributed by atoms with Gasteiger partial charge in [-0.25, -0.2) is 4.79 Å². The standard InChI is InChI=1S/C10H12O4/c11-9(12)7-5-1-2-6(4-3-5)8(7)10(13)14/h5,7H,1-4H2,(H,11,12)(H,13,14). The summed E-state index contributed by atoms with van der Waals surface area (Å²) in [4.78, 5) is 21.9. The molecular formula is C10H12O4. The van der Waals surface area contributed by atoms with Crippen molar-refractivity contribution in [2.75, 3.05) is 0 Å². The molecule has 1 saturated carbocycles. The van der Waals surface area contributed by atoms with Gasteiger partial charge in [-0.15, -0.1) is 0 Å². The molecule has 0 aromatic heterocycles. The van der Waals surface area contributed by atoms with Crippen molar-refractivity contribution in [3.05, 3.63) is 11.1 Å². The Bertz CT molecular complexity index is 319. The summed E-state index contributed by atoms with van der Waals surface area (Å²) in [5.41, 5.74) is 1.02. The van der Waals surface area contributed by atoms with Crippen LogP contribution in [0, 0.1) is 11.8 Å². The molecule has 0 amide bonds. The normalized spacial score (nSPS) is 30.6. The van der Waals surface area contributed by atoms with Crippen LogP contribution < -0.4 is 0 Å². The van der Waals surface area contributed by atoms with E-state index in [0.717, 1.165) is 31.3 Å². The Morgan fingerprint density at radius 3 is 2.07 bits per heavy atom. The van der Waals surface area contributed by atoms with E-state index >= 15 is 0 Å². The van der Waals surface area contributed by atoms with E-state index < -0.39 is 17.9 Å². The Hall–Kier alpha value is -1.32. The molecule has 0 heterocycles. The minimum atomic E-state index is -1.04. The monoisotopic (exact) mass is 196 g/mol. The fraction of sp³-hybridized carbons (Fsp3) is 0.600. The Morgan fingerprint density at radius 2 is 1.71 bits per heavy atom. The number of aliphatic carboxylic acids is 2. The van der Waals surface area contributed by atoms with Crippen molar-refractivity contribution >= 4 is 11.9 Å². The lowest BCUT2D eigenvalue weighted by Crippen LogP contribution is -2.36. The first-order chi connectivity index (χ1) is 6.61. The largest absolute Gasteiger partial charge is 0.481 e. The van der Waals surface area contributed by atoms with Crippen LogP contribution in [0.25, 0.3) is 0 Å². The zero-order valence-corrected chi connectivity index (χ0v) is 7.69. The lowest BCUT2D eigenvalue weighted by molar-refractivity contribution is -0.146. The second kappa shape index (κ2) is 3.12. The zero-order chi connectivity index (χ0) is 10.3. The average Bonchev–Trinajstić information content (AvgIpc) is 2.17. The van der Waals surface area contributed by atoms with Gasteiger partial charge in [0.05, 0.1) is 11.5 Å². The third-order valence-electron chi connectivity index (χ3n) is 3.29. The zero-order valence-electron chi connectivity index (χ0n) is 7.69. The Morgan fingerprint density at radius 1 is 1.14 bits per heavy atom. The quantitative estimate of drug-likeness (QED) is 0.697. The molecule has 1 fully saturated rings. The van der Waals surface area contributed by atoms with Crippen molar-refractivity contribution < 1.29 is 19.8 Å². The number of hydrogen-bond acceptors (Lipinski definition) is 2. The molecule has 76 valence electrons. The molecule has 3 rings (SSSR count). The lowest BCUT2D eigenvalue weighted by Gasteiger charge is -2.36. The molecule has 1 atom stereocenters. The maximum Gasteiger partial charge on any atom is 0.332 e. The molecule has 0 aliphatic heterocycles. The van der Waals surface area contributed by atoms with Crippen molar-refractivity contribution in [2.45, 2.75) is 25.7 Å². The van der Waals surface area contributed by atoms with Crippen LogP contribution in [0.1, 0.15) is 25.7 Å². The lowest BCUT2D eigenvalue weighted by atomic mass is 9.66. The summed E-state index contributed by atoms with van der Waals surface area (Å²) in [7, 11) is 0. The molecule has 14 heavy (non-hydrogen) atoms. The predicted molar refractivity (Wildman–Crippen MR) is 47.7 cm³/mol. The summed E-state index contributed by atoms with van der Waals surface area (Å²) in [6, 6.07) is 0. The summed E-state index contributed by atoms with van der Waals surface area (Å²) in [6.07, 6.45) is 3.22. The smallest absolute Gasteiger partial charge is 0.332 e. The third kappa shape index (κ3) is 1.22. The molecule has 3 aliphatic carbocycles. The van der Waals surface area contributed by atoms with E-state index in [0.29, 0.717) is 0 Å². The SMILES string of the molecule is O=C(O)C1=C2CCC(CC2)C1C(=O)O. The Balaban J connectivity index is 2.45. The highest BCUT2D eigenvalue weighted by atomic mass is 16.4. The van der Waals surface area contributed by atoms with E-state index in [4.69, 9.17) is 10.2 Å². The molecule has 3 aliphatic rings. The highest BCUT2D eigenvalue weighted by Crippen LogP contribution is 2.45. The van der Waals surface area contributed by atoms with Crippen LogP contribution in [0.2, 0.25) is 0 Å². The van der Waals surface area contributed by atoms with Crippen LogP contribution in [0.15, 0.2) is 11.1 Å². The first-order valence-electron chi connectivity index (χ1n) is 4.79. The first-order valence-corrected chi connectivity index (χ1v) is 4.79. The van der Waals surface area contributed by atoms with Crippen molar-refractivity contribution in [1.29, 1.82) is 0 Å². The van der Waals surface area contributed by atoms with E-state index in [9.17, 15) is 9.59 Å². The molecular weight excluding hydrogens is 184 g/mol. The van der Waals surface area contributed by atoms with E-state index in [1.165, 1.54) is 0 Å². The van der Waals surface area contributed by atoms with Crippen LogP contribution >= 0.6 is 0 Å². The number of carboxylic acids is 2. The van der Waals surface area contributed by atoms with Gasteiger partial charge in [-0.2, -0.15) is 0 Å². The second-order valence-corrected chi connectivity index (χ2v) is 3.98. The topological polar surface area (TPSA) is 74.6 Å². The van der Waals surface area contributed by atoms with Gasteiger partial charge in [-0.05, 0) is 31.6 Å². The Kier molecular flexibility index (Phi) is 2.06. The molecule has 0 aromatic carbocycles. The highest BCUT2D eigenvalue weighted by molar-refractivity contribution is 5.95. The fourth-order valence-electron chi connectivity index (χ4n) is 2.66. The van der Waals surface area contributed by atoms with Crippen molar-refractivity contribution in [1.82, 2.24) is 0 Å². The van der Waals surface area contributed by atoms with Crippen LogP contribution in [-0.2, 0) is 9.59 Å². The Labute approximate surface area is 81.2 Å². The van der Waals surface area contributed by atoms with Gasteiger partial charge in [0.1, 0.15) is 0 Å². The average molecular weight is 196 g/mol. The summed E-state index contributed by atoms with van der Waals surface area (Å²) < 4.78 is 0. The second-order valence-electron chi connectivity index (χ2n) is 3.98. The number of allylic oxidation sites excluding steroid dienone is 1. The molecule has 0 radical (unpaired) electrons. The van der Waals surface area contributed by atoms with Gasteiger partial charge < -0.3 is 10.2 Å². The first kappa shape index (κ1) is 9.24. The number of fused-ring (bicyclic) bond motifs is 3. The minimum absolute atomic E-state index is 0.0381. The summed E-state index contributed by atoms with van der Waals surface area (Å²) >= 11 is 0. The molecule has 0 saturated heterocycles.